The van der Waals surface area contributed by atoms with Crippen molar-refractivity contribution in [3.63, 3.8) is 0 Å². The van der Waals surface area contributed by atoms with Crippen molar-refractivity contribution in [1.29, 1.82) is 0 Å². The molecule has 0 aromatic heterocycles. The Morgan fingerprint density at radius 2 is 2.06 bits per heavy atom. The number of nitrogens with zero attached hydrogens (tertiary/aromatic N) is 1. The molecule has 0 saturated heterocycles. The predicted octanol–water partition coefficient (Wildman–Crippen LogP) is 2.25. The van der Waals surface area contributed by atoms with Gasteiger partial charge in [-0.3, -0.25) is 0 Å². The average Bonchev–Trinajstić information content (AvgIpc) is 2.29. The van der Waals surface area contributed by atoms with E-state index in [1.807, 2.05) is 30.9 Å². The molecule has 0 aliphatic rings. The predicted molar refractivity (Wildman–Crippen MR) is 67.8 cm³/mol. The average molecular weight is 237 g/mol. The molecule has 0 unspecified atom stereocenters. The molecular weight excluding hydrogens is 218 g/mol. The summed E-state index contributed by atoms with van der Waals surface area (Å²) in [5.74, 6) is -0.899. The molecule has 0 aliphatic carbocycles. The lowest BCUT2D eigenvalue weighted by molar-refractivity contribution is 0.0697. The minimum absolute atomic E-state index is 0.227. The minimum atomic E-state index is -0.899. The fourth-order valence-electron chi connectivity index (χ4n) is 1.75. The van der Waals surface area contributed by atoms with Crippen molar-refractivity contribution in [2.24, 2.45) is 0 Å². The highest BCUT2D eigenvalue weighted by Gasteiger charge is 2.17. The molecule has 4 heteroatoms. The van der Waals surface area contributed by atoms with Crippen molar-refractivity contribution >= 4 is 11.7 Å². The Hall–Kier alpha value is -1.55. The number of carboxylic acids is 1. The first-order chi connectivity index (χ1) is 8.07. The third-order valence-corrected chi connectivity index (χ3v) is 2.60. The normalized spacial score (nSPS) is 10.6. The van der Waals surface area contributed by atoms with E-state index in [9.17, 15) is 4.79 Å². The molecule has 0 spiro atoms. The number of ether oxygens (including phenoxy) is 1. The zero-order valence-corrected chi connectivity index (χ0v) is 10.5. The Kier molecular flexibility index (Phi) is 4.97. The van der Waals surface area contributed by atoms with Crippen LogP contribution in [0.3, 0.4) is 0 Å². The second-order valence-corrected chi connectivity index (χ2v) is 4.10. The largest absolute Gasteiger partial charge is 0.478 e. The molecule has 94 valence electrons. The number of benzene rings is 1. The van der Waals surface area contributed by atoms with E-state index in [0.29, 0.717) is 18.7 Å². The molecule has 17 heavy (non-hydrogen) atoms. The molecule has 1 rings (SSSR count). The van der Waals surface area contributed by atoms with Crippen LogP contribution in [0.1, 0.15) is 24.2 Å². The van der Waals surface area contributed by atoms with Gasteiger partial charge in [0.2, 0.25) is 0 Å². The van der Waals surface area contributed by atoms with Crippen molar-refractivity contribution in [2.45, 2.75) is 19.9 Å². The van der Waals surface area contributed by atoms with E-state index in [2.05, 4.69) is 0 Å². The topological polar surface area (TPSA) is 49.8 Å². The Balaban J connectivity index is 3.04. The third-order valence-electron chi connectivity index (χ3n) is 2.60. The van der Waals surface area contributed by atoms with Gasteiger partial charge in [0.05, 0.1) is 17.9 Å². The monoisotopic (exact) mass is 237 g/mol. The van der Waals surface area contributed by atoms with Crippen LogP contribution in [0.15, 0.2) is 24.3 Å². The van der Waals surface area contributed by atoms with Crippen LogP contribution >= 0.6 is 0 Å². The van der Waals surface area contributed by atoms with Crippen LogP contribution in [0.4, 0.5) is 5.69 Å². The summed E-state index contributed by atoms with van der Waals surface area (Å²) in [6, 6.07) is 7.27. The Labute approximate surface area is 102 Å². The van der Waals surface area contributed by atoms with Crippen LogP contribution in [0.5, 0.6) is 0 Å². The molecule has 4 nitrogen and oxygen atoms in total. The van der Waals surface area contributed by atoms with E-state index in [-0.39, 0.29) is 6.04 Å². The second kappa shape index (κ2) is 6.25. The van der Waals surface area contributed by atoms with Crippen LogP contribution in [0.25, 0.3) is 0 Å². The summed E-state index contributed by atoms with van der Waals surface area (Å²) >= 11 is 0. The Morgan fingerprint density at radius 3 is 2.59 bits per heavy atom. The molecule has 0 saturated carbocycles. The maximum atomic E-state index is 11.2. The Morgan fingerprint density at radius 1 is 1.41 bits per heavy atom. The number of rotatable bonds is 6. The standard InChI is InChI=1S/C13H19NO3/c1-10(2)14(8-9-17-3)12-7-5-4-6-11(12)13(15)16/h4-7,10H,8-9H2,1-3H3,(H,15,16). The second-order valence-electron chi connectivity index (χ2n) is 4.10. The van der Waals surface area contributed by atoms with E-state index in [1.54, 1.807) is 19.2 Å². The summed E-state index contributed by atoms with van der Waals surface area (Å²) in [5, 5.41) is 9.16. The highest BCUT2D eigenvalue weighted by atomic mass is 16.5. The van der Waals surface area contributed by atoms with Crippen LogP contribution in [-0.2, 0) is 4.74 Å². The molecule has 1 aromatic carbocycles. The number of carbonyl (C=O) groups is 1. The number of anilines is 1. The molecule has 0 amide bonds. The molecule has 0 radical (unpaired) electrons. The zero-order chi connectivity index (χ0) is 12.8. The lowest BCUT2D eigenvalue weighted by atomic mass is 10.1. The lowest BCUT2D eigenvalue weighted by Gasteiger charge is -2.29. The fraction of sp³-hybridized carbons (Fsp3) is 0.462. The zero-order valence-electron chi connectivity index (χ0n) is 10.5. The highest BCUT2D eigenvalue weighted by molar-refractivity contribution is 5.94. The SMILES string of the molecule is COCCN(c1ccccc1C(=O)O)C(C)C. The van der Waals surface area contributed by atoms with Gasteiger partial charge >= 0.3 is 5.97 Å². The fourth-order valence-corrected chi connectivity index (χ4v) is 1.75. The van der Waals surface area contributed by atoms with Gasteiger partial charge in [0, 0.05) is 19.7 Å². The van der Waals surface area contributed by atoms with Gasteiger partial charge in [-0.15, -0.1) is 0 Å². The quantitative estimate of drug-likeness (QED) is 0.824. The smallest absolute Gasteiger partial charge is 0.337 e. The van der Waals surface area contributed by atoms with Crippen molar-refractivity contribution in [3.8, 4) is 0 Å². The first kappa shape index (κ1) is 13.5. The van der Waals surface area contributed by atoms with E-state index in [4.69, 9.17) is 9.84 Å². The van der Waals surface area contributed by atoms with Crippen molar-refractivity contribution in [2.75, 3.05) is 25.2 Å². The lowest BCUT2D eigenvalue weighted by Crippen LogP contribution is -2.34. The van der Waals surface area contributed by atoms with Crippen LogP contribution in [-0.4, -0.2) is 37.4 Å². The summed E-state index contributed by atoms with van der Waals surface area (Å²) in [6.45, 7) is 5.33. The number of carboxylic acid groups (broad SMARTS) is 1. The molecule has 0 bridgehead atoms. The first-order valence-corrected chi connectivity index (χ1v) is 5.65. The summed E-state index contributed by atoms with van der Waals surface area (Å²) in [7, 11) is 1.64. The third kappa shape index (κ3) is 3.46. The molecule has 0 heterocycles. The summed E-state index contributed by atoms with van der Waals surface area (Å²) in [6.07, 6.45) is 0. The summed E-state index contributed by atoms with van der Waals surface area (Å²) in [4.78, 5) is 13.2. The van der Waals surface area contributed by atoms with E-state index in [1.165, 1.54) is 0 Å². The van der Waals surface area contributed by atoms with Crippen molar-refractivity contribution in [3.05, 3.63) is 29.8 Å². The molecule has 1 N–H and O–H groups in total. The van der Waals surface area contributed by atoms with Gasteiger partial charge in [0.1, 0.15) is 0 Å². The maximum Gasteiger partial charge on any atom is 0.337 e. The van der Waals surface area contributed by atoms with Crippen LogP contribution in [0.2, 0.25) is 0 Å². The molecule has 0 aliphatic heterocycles. The molecular formula is C13H19NO3. The number of methoxy groups -OCH3 is 1. The highest BCUT2D eigenvalue weighted by Crippen LogP contribution is 2.22. The van der Waals surface area contributed by atoms with Crippen LogP contribution < -0.4 is 4.90 Å². The van der Waals surface area contributed by atoms with Crippen molar-refractivity contribution < 1.29 is 14.6 Å². The van der Waals surface area contributed by atoms with E-state index in [0.717, 1.165) is 5.69 Å². The van der Waals surface area contributed by atoms with Gasteiger partial charge in [-0.2, -0.15) is 0 Å². The van der Waals surface area contributed by atoms with Crippen LogP contribution in [0, 0.1) is 0 Å². The van der Waals surface area contributed by atoms with E-state index >= 15 is 0 Å². The van der Waals surface area contributed by atoms with Gasteiger partial charge < -0.3 is 14.7 Å². The van der Waals surface area contributed by atoms with E-state index < -0.39 is 5.97 Å². The number of para-hydroxylation sites is 1. The van der Waals surface area contributed by atoms with Crippen molar-refractivity contribution in [1.82, 2.24) is 0 Å². The minimum Gasteiger partial charge on any atom is -0.478 e. The molecule has 1 aromatic rings. The Bertz CT molecular complexity index is 377. The first-order valence-electron chi connectivity index (χ1n) is 5.65. The summed E-state index contributed by atoms with van der Waals surface area (Å²) < 4.78 is 5.06. The number of hydrogen-bond donors (Lipinski definition) is 1. The van der Waals surface area contributed by atoms with Gasteiger partial charge in [-0.05, 0) is 26.0 Å². The van der Waals surface area contributed by atoms with Gasteiger partial charge in [0.15, 0.2) is 0 Å². The number of hydrogen-bond acceptors (Lipinski definition) is 3. The molecule has 0 atom stereocenters. The maximum absolute atomic E-state index is 11.2. The van der Waals surface area contributed by atoms with Gasteiger partial charge in [-0.1, -0.05) is 12.1 Å². The summed E-state index contributed by atoms with van der Waals surface area (Å²) in [5.41, 5.74) is 1.07. The van der Waals surface area contributed by atoms with Gasteiger partial charge in [-0.25, -0.2) is 4.79 Å². The van der Waals surface area contributed by atoms with Gasteiger partial charge in [0.25, 0.3) is 0 Å². The molecule has 0 fully saturated rings. The number of aromatic carboxylic acids is 1.